The van der Waals surface area contributed by atoms with Crippen LogP contribution in [0.5, 0.6) is 5.75 Å². The molecule has 0 radical (unpaired) electrons. The molecule has 3 heterocycles. The van der Waals surface area contributed by atoms with E-state index in [0.29, 0.717) is 13.2 Å². The zero-order chi connectivity index (χ0) is 21.6. The molecule has 0 bridgehead atoms. The molecular weight excluding hydrogens is 412 g/mol. The molecule has 0 saturated carbocycles. The van der Waals surface area contributed by atoms with Crippen LogP contribution in [0.4, 0.5) is 10.9 Å². The SMILES string of the molecule is COCc1ccc(OC)c(CN2CCOC(c3cccc(Nc4ncc(C)s4)n3)C2)c1. The number of pyridine rings is 1. The van der Waals surface area contributed by atoms with Crippen LogP contribution in [0.3, 0.4) is 0 Å². The second-order valence-corrected chi connectivity index (χ2v) is 8.76. The number of nitrogens with zero attached hydrogens (tertiary/aromatic N) is 3. The molecule has 4 rings (SSSR count). The first-order valence-corrected chi connectivity index (χ1v) is 11.1. The fourth-order valence-corrected chi connectivity index (χ4v) is 4.37. The number of methoxy groups -OCH3 is 2. The summed E-state index contributed by atoms with van der Waals surface area (Å²) in [6.07, 6.45) is 1.77. The molecule has 31 heavy (non-hydrogen) atoms. The number of nitrogens with one attached hydrogen (secondary N) is 1. The Balaban J connectivity index is 1.45. The molecule has 1 atom stereocenters. The van der Waals surface area contributed by atoms with Gasteiger partial charge in [0.05, 0.1) is 26.0 Å². The Hall–Kier alpha value is -2.52. The molecule has 1 N–H and O–H groups in total. The van der Waals surface area contributed by atoms with Crippen molar-refractivity contribution in [1.82, 2.24) is 14.9 Å². The maximum Gasteiger partial charge on any atom is 0.188 e. The number of anilines is 2. The largest absolute Gasteiger partial charge is 0.496 e. The first kappa shape index (κ1) is 21.7. The van der Waals surface area contributed by atoms with Crippen LogP contribution in [0.15, 0.2) is 42.6 Å². The van der Waals surface area contributed by atoms with Gasteiger partial charge >= 0.3 is 0 Å². The van der Waals surface area contributed by atoms with Crippen molar-refractivity contribution >= 4 is 22.3 Å². The minimum Gasteiger partial charge on any atom is -0.496 e. The Labute approximate surface area is 187 Å². The zero-order valence-corrected chi connectivity index (χ0v) is 18.9. The predicted octanol–water partition coefficient (Wildman–Crippen LogP) is 4.32. The summed E-state index contributed by atoms with van der Waals surface area (Å²) in [6.45, 7) is 5.71. The van der Waals surface area contributed by atoms with Crippen molar-refractivity contribution in [3.8, 4) is 5.75 Å². The smallest absolute Gasteiger partial charge is 0.188 e. The highest BCUT2D eigenvalue weighted by molar-refractivity contribution is 7.15. The normalized spacial score (nSPS) is 16.9. The van der Waals surface area contributed by atoms with Gasteiger partial charge in [0, 0.05) is 43.4 Å². The standard InChI is InChI=1S/C23H28N4O3S/c1-16-12-24-23(31-16)26-22-6-4-5-19(25-22)21-14-27(9-10-30-21)13-18-11-17(15-28-2)7-8-20(18)29-3/h4-8,11-12,21H,9-10,13-15H2,1-3H3,(H,24,25,26). The third kappa shape index (κ3) is 5.59. The van der Waals surface area contributed by atoms with E-state index in [4.69, 9.17) is 19.2 Å². The quantitative estimate of drug-likeness (QED) is 0.559. The number of aromatic nitrogens is 2. The number of hydrogen-bond acceptors (Lipinski definition) is 8. The van der Waals surface area contributed by atoms with Crippen LogP contribution in [0.25, 0.3) is 0 Å². The molecule has 1 unspecified atom stereocenters. The van der Waals surface area contributed by atoms with Gasteiger partial charge in [0.15, 0.2) is 5.13 Å². The van der Waals surface area contributed by atoms with Gasteiger partial charge in [-0.15, -0.1) is 11.3 Å². The van der Waals surface area contributed by atoms with Crippen LogP contribution >= 0.6 is 11.3 Å². The molecule has 0 spiro atoms. The van der Waals surface area contributed by atoms with Crippen LogP contribution in [-0.4, -0.2) is 48.8 Å². The van der Waals surface area contributed by atoms with Crippen LogP contribution in [-0.2, 0) is 22.6 Å². The van der Waals surface area contributed by atoms with E-state index < -0.39 is 0 Å². The Kier molecular flexibility index (Phi) is 7.14. The number of thiazole rings is 1. The lowest BCUT2D eigenvalue weighted by Crippen LogP contribution is -2.38. The molecular formula is C23H28N4O3S. The van der Waals surface area contributed by atoms with Gasteiger partial charge in [-0.25, -0.2) is 9.97 Å². The van der Waals surface area contributed by atoms with Crippen molar-refractivity contribution in [2.75, 3.05) is 39.2 Å². The lowest BCUT2D eigenvalue weighted by atomic mass is 10.1. The Morgan fingerprint density at radius 3 is 2.94 bits per heavy atom. The van der Waals surface area contributed by atoms with E-state index in [1.54, 1.807) is 25.6 Å². The fraction of sp³-hybridized carbons (Fsp3) is 0.391. The molecule has 1 aliphatic rings. The van der Waals surface area contributed by atoms with E-state index >= 15 is 0 Å². The number of aryl methyl sites for hydroxylation is 1. The summed E-state index contributed by atoms with van der Waals surface area (Å²) in [5.41, 5.74) is 3.21. The monoisotopic (exact) mass is 440 g/mol. The summed E-state index contributed by atoms with van der Waals surface area (Å²) < 4.78 is 16.9. The lowest BCUT2D eigenvalue weighted by molar-refractivity contribution is -0.0351. The van der Waals surface area contributed by atoms with E-state index in [0.717, 1.165) is 58.0 Å². The maximum atomic E-state index is 6.06. The first-order valence-electron chi connectivity index (χ1n) is 10.3. The molecule has 1 fully saturated rings. The average molecular weight is 441 g/mol. The molecule has 1 aliphatic heterocycles. The highest BCUT2D eigenvalue weighted by Crippen LogP contribution is 2.27. The van der Waals surface area contributed by atoms with E-state index in [2.05, 4.69) is 21.3 Å². The topological polar surface area (TPSA) is 68.7 Å². The van der Waals surface area contributed by atoms with Crippen molar-refractivity contribution in [2.45, 2.75) is 26.2 Å². The van der Waals surface area contributed by atoms with Gasteiger partial charge in [-0.05, 0) is 36.8 Å². The molecule has 164 valence electrons. The van der Waals surface area contributed by atoms with E-state index in [1.165, 1.54) is 0 Å². The fourth-order valence-electron chi connectivity index (χ4n) is 3.70. The number of hydrogen-bond donors (Lipinski definition) is 1. The predicted molar refractivity (Wildman–Crippen MR) is 122 cm³/mol. The molecule has 0 aliphatic carbocycles. The highest BCUT2D eigenvalue weighted by Gasteiger charge is 2.24. The lowest BCUT2D eigenvalue weighted by Gasteiger charge is -2.33. The maximum absolute atomic E-state index is 6.06. The van der Waals surface area contributed by atoms with Crippen molar-refractivity contribution in [3.63, 3.8) is 0 Å². The number of ether oxygens (including phenoxy) is 3. The van der Waals surface area contributed by atoms with Crippen LogP contribution in [0.2, 0.25) is 0 Å². The minimum atomic E-state index is -0.0818. The summed E-state index contributed by atoms with van der Waals surface area (Å²) in [5.74, 6) is 1.67. The van der Waals surface area contributed by atoms with Crippen LogP contribution < -0.4 is 10.1 Å². The summed E-state index contributed by atoms with van der Waals surface area (Å²) in [6, 6.07) is 12.2. The van der Waals surface area contributed by atoms with Gasteiger partial charge in [-0.3, -0.25) is 4.90 Å². The molecule has 0 amide bonds. The summed E-state index contributed by atoms with van der Waals surface area (Å²) >= 11 is 1.61. The van der Waals surface area contributed by atoms with Gasteiger partial charge in [0.1, 0.15) is 17.7 Å². The highest BCUT2D eigenvalue weighted by atomic mass is 32.1. The summed E-state index contributed by atoms with van der Waals surface area (Å²) in [5, 5.41) is 4.13. The molecule has 3 aromatic rings. The Morgan fingerprint density at radius 2 is 2.16 bits per heavy atom. The molecule has 2 aromatic heterocycles. The average Bonchev–Trinajstić information content (AvgIpc) is 3.19. The molecule has 1 aromatic carbocycles. The van der Waals surface area contributed by atoms with Crippen molar-refractivity contribution in [3.05, 3.63) is 64.3 Å². The number of rotatable bonds is 8. The van der Waals surface area contributed by atoms with Crippen LogP contribution in [0, 0.1) is 6.92 Å². The van der Waals surface area contributed by atoms with E-state index in [1.807, 2.05) is 43.5 Å². The Morgan fingerprint density at radius 1 is 1.26 bits per heavy atom. The van der Waals surface area contributed by atoms with Crippen LogP contribution in [0.1, 0.15) is 27.8 Å². The van der Waals surface area contributed by atoms with Crippen molar-refractivity contribution in [2.24, 2.45) is 0 Å². The van der Waals surface area contributed by atoms with Gasteiger partial charge in [0.2, 0.25) is 0 Å². The second-order valence-electron chi connectivity index (χ2n) is 7.52. The van der Waals surface area contributed by atoms with Gasteiger partial charge < -0.3 is 19.5 Å². The van der Waals surface area contributed by atoms with Gasteiger partial charge in [-0.1, -0.05) is 12.1 Å². The van der Waals surface area contributed by atoms with Gasteiger partial charge in [0.25, 0.3) is 0 Å². The second kappa shape index (κ2) is 10.2. The Bertz CT molecular complexity index is 1010. The summed E-state index contributed by atoms with van der Waals surface area (Å²) in [4.78, 5) is 12.7. The minimum absolute atomic E-state index is 0.0818. The molecule has 7 nitrogen and oxygen atoms in total. The van der Waals surface area contributed by atoms with Crippen molar-refractivity contribution < 1.29 is 14.2 Å². The van der Waals surface area contributed by atoms with E-state index in [9.17, 15) is 0 Å². The third-order valence-corrected chi connectivity index (χ3v) is 5.99. The number of benzene rings is 1. The van der Waals surface area contributed by atoms with Gasteiger partial charge in [-0.2, -0.15) is 0 Å². The summed E-state index contributed by atoms with van der Waals surface area (Å²) in [7, 11) is 3.42. The molecule has 1 saturated heterocycles. The van der Waals surface area contributed by atoms with E-state index in [-0.39, 0.29) is 6.10 Å². The number of morpholine rings is 1. The van der Waals surface area contributed by atoms with Crippen molar-refractivity contribution in [1.29, 1.82) is 0 Å². The third-order valence-electron chi connectivity index (χ3n) is 5.16. The first-order chi connectivity index (χ1) is 15.1. The molecule has 8 heteroatoms. The zero-order valence-electron chi connectivity index (χ0n) is 18.1.